The second kappa shape index (κ2) is 8.37. The molecule has 2 aliphatic rings. The number of imide groups is 1. The van der Waals surface area contributed by atoms with Crippen LogP contribution in [0.3, 0.4) is 0 Å². The third-order valence-electron chi connectivity index (χ3n) is 6.53. The molecule has 0 radical (unpaired) electrons. The number of carbonyl (C=O) groups excluding carboxylic acids is 4. The molecule has 1 aliphatic heterocycles. The molecular formula is C23H27N3O6. The van der Waals surface area contributed by atoms with E-state index < -0.39 is 18.6 Å². The fourth-order valence-electron chi connectivity index (χ4n) is 4.87. The van der Waals surface area contributed by atoms with E-state index in [0.29, 0.717) is 35.7 Å². The topological polar surface area (TPSA) is 112 Å². The van der Waals surface area contributed by atoms with Crippen molar-refractivity contribution < 1.29 is 28.4 Å². The zero-order valence-electron chi connectivity index (χ0n) is 18.7. The summed E-state index contributed by atoms with van der Waals surface area (Å²) < 4.78 is 12.1. The summed E-state index contributed by atoms with van der Waals surface area (Å²) in [5.41, 5.74) is 1.84. The van der Waals surface area contributed by atoms with Gasteiger partial charge in [0, 0.05) is 23.0 Å². The quantitative estimate of drug-likeness (QED) is 0.385. The zero-order valence-corrected chi connectivity index (χ0v) is 18.7. The number of carbonyl (C=O) groups is 4. The molecule has 0 bridgehead atoms. The van der Waals surface area contributed by atoms with Gasteiger partial charge in [0.05, 0.1) is 11.8 Å². The highest BCUT2D eigenvalue weighted by Crippen LogP contribution is 2.39. The summed E-state index contributed by atoms with van der Waals surface area (Å²) in [5.74, 6) is -1.21. The molecule has 1 aliphatic carbocycles. The largest absolute Gasteiger partial charge is 0.456 e. The van der Waals surface area contributed by atoms with Crippen molar-refractivity contribution in [1.82, 2.24) is 14.6 Å². The average molecular weight is 441 g/mol. The number of rotatable bonds is 6. The van der Waals surface area contributed by atoms with Crippen LogP contribution in [0.2, 0.25) is 0 Å². The van der Waals surface area contributed by atoms with E-state index in [1.54, 1.807) is 30.5 Å². The molecule has 0 aromatic carbocycles. The van der Waals surface area contributed by atoms with Gasteiger partial charge in [-0.15, -0.1) is 0 Å². The van der Waals surface area contributed by atoms with E-state index >= 15 is 0 Å². The Morgan fingerprint density at radius 2 is 1.75 bits per heavy atom. The SMILES string of the molecule is Cc1cc(-n2c(C)cc(C(=O)COC(=O)C(C)N3C(=O)C4CCCCC4C3=O)c2C)no1. The minimum absolute atomic E-state index is 0.304. The summed E-state index contributed by atoms with van der Waals surface area (Å²) >= 11 is 0. The van der Waals surface area contributed by atoms with Crippen LogP contribution < -0.4 is 0 Å². The van der Waals surface area contributed by atoms with Gasteiger partial charge in [-0.3, -0.25) is 23.9 Å². The summed E-state index contributed by atoms with van der Waals surface area (Å²) in [4.78, 5) is 51.8. The second-order valence-electron chi connectivity index (χ2n) is 8.67. The minimum Gasteiger partial charge on any atom is -0.456 e. The van der Waals surface area contributed by atoms with Gasteiger partial charge >= 0.3 is 5.97 Å². The van der Waals surface area contributed by atoms with Gasteiger partial charge in [-0.1, -0.05) is 18.0 Å². The molecule has 2 aromatic rings. The number of amides is 2. The summed E-state index contributed by atoms with van der Waals surface area (Å²) in [5, 5.41) is 3.99. The molecule has 2 amide bonds. The number of Topliss-reactive ketones (excluding diaryl/α,β-unsaturated/α-hetero) is 1. The van der Waals surface area contributed by atoms with Crippen LogP contribution in [0.25, 0.3) is 5.82 Å². The number of esters is 1. The average Bonchev–Trinajstić information content (AvgIpc) is 3.40. The standard InChI is InChI=1S/C23H27N3O6/c1-12-9-18(14(3)25(12)20-10-13(2)32-24-20)19(27)11-31-23(30)15(4)26-21(28)16-7-5-6-8-17(16)22(26)29/h9-10,15-17H,5-8,11H2,1-4H3. The van der Waals surface area contributed by atoms with Crippen LogP contribution in [-0.4, -0.2) is 50.8 Å². The van der Waals surface area contributed by atoms with Crippen molar-refractivity contribution in [3.05, 3.63) is 34.8 Å². The second-order valence-corrected chi connectivity index (χ2v) is 8.67. The molecular weight excluding hydrogens is 414 g/mol. The van der Waals surface area contributed by atoms with Crippen LogP contribution in [0.4, 0.5) is 0 Å². The Balaban J connectivity index is 1.43. The van der Waals surface area contributed by atoms with Crippen molar-refractivity contribution in [3.63, 3.8) is 0 Å². The molecule has 1 saturated carbocycles. The molecule has 1 saturated heterocycles. The zero-order chi connectivity index (χ0) is 23.2. The van der Waals surface area contributed by atoms with E-state index in [9.17, 15) is 19.2 Å². The highest BCUT2D eigenvalue weighted by Gasteiger charge is 2.51. The van der Waals surface area contributed by atoms with Crippen molar-refractivity contribution in [2.75, 3.05) is 6.61 Å². The van der Waals surface area contributed by atoms with Crippen molar-refractivity contribution in [1.29, 1.82) is 0 Å². The minimum atomic E-state index is -1.06. The number of ether oxygens (including phenoxy) is 1. The first-order valence-electron chi connectivity index (χ1n) is 10.9. The van der Waals surface area contributed by atoms with Gasteiger partial charge in [0.25, 0.3) is 0 Å². The van der Waals surface area contributed by atoms with E-state index in [-0.39, 0.29) is 29.4 Å². The highest BCUT2D eigenvalue weighted by atomic mass is 16.5. The first kappa shape index (κ1) is 22.0. The van der Waals surface area contributed by atoms with Gasteiger partial charge in [-0.25, -0.2) is 4.79 Å². The van der Waals surface area contributed by atoms with Crippen LogP contribution >= 0.6 is 0 Å². The number of nitrogens with zero attached hydrogens (tertiary/aromatic N) is 3. The predicted octanol–water partition coefficient (Wildman–Crippen LogP) is 2.68. The van der Waals surface area contributed by atoms with E-state index in [2.05, 4.69) is 5.16 Å². The van der Waals surface area contributed by atoms with Crippen molar-refractivity contribution in [2.45, 2.75) is 59.4 Å². The third kappa shape index (κ3) is 3.65. The van der Waals surface area contributed by atoms with Crippen molar-refractivity contribution in [3.8, 4) is 5.82 Å². The lowest BCUT2D eigenvalue weighted by atomic mass is 9.81. The van der Waals surface area contributed by atoms with Gasteiger partial charge < -0.3 is 9.26 Å². The summed E-state index contributed by atoms with van der Waals surface area (Å²) in [6.45, 7) is 6.39. The van der Waals surface area contributed by atoms with E-state index in [4.69, 9.17) is 9.26 Å². The summed E-state index contributed by atoms with van der Waals surface area (Å²) in [6, 6.07) is 2.41. The number of fused-ring (bicyclic) bond motifs is 1. The Morgan fingerprint density at radius 1 is 1.12 bits per heavy atom. The smallest absolute Gasteiger partial charge is 0.329 e. The van der Waals surface area contributed by atoms with Crippen molar-refractivity contribution >= 4 is 23.6 Å². The molecule has 2 fully saturated rings. The fraction of sp³-hybridized carbons (Fsp3) is 0.522. The number of likely N-dealkylation sites (tertiary alicyclic amines) is 1. The molecule has 9 nitrogen and oxygen atoms in total. The molecule has 170 valence electrons. The van der Waals surface area contributed by atoms with E-state index in [0.717, 1.165) is 23.4 Å². The Labute approximate surface area is 185 Å². The lowest BCUT2D eigenvalue weighted by molar-refractivity contribution is -0.157. The number of aryl methyl sites for hydroxylation is 2. The van der Waals surface area contributed by atoms with Crippen molar-refractivity contribution in [2.24, 2.45) is 11.8 Å². The molecule has 32 heavy (non-hydrogen) atoms. The van der Waals surface area contributed by atoms with Crippen LogP contribution in [-0.2, 0) is 19.1 Å². The van der Waals surface area contributed by atoms with E-state index in [1.165, 1.54) is 6.92 Å². The first-order valence-corrected chi connectivity index (χ1v) is 10.9. The number of aromatic nitrogens is 2. The normalized spacial score (nSPS) is 21.6. The van der Waals surface area contributed by atoms with E-state index in [1.807, 2.05) is 6.92 Å². The number of hydrogen-bond donors (Lipinski definition) is 0. The Morgan fingerprint density at radius 3 is 2.31 bits per heavy atom. The molecule has 3 atom stereocenters. The Kier molecular flexibility index (Phi) is 5.75. The van der Waals surface area contributed by atoms with Crippen LogP contribution in [0.5, 0.6) is 0 Å². The molecule has 3 unspecified atom stereocenters. The highest BCUT2D eigenvalue weighted by molar-refractivity contribution is 6.08. The summed E-state index contributed by atoms with van der Waals surface area (Å²) in [6.07, 6.45) is 3.17. The molecule has 2 aromatic heterocycles. The predicted molar refractivity (Wildman–Crippen MR) is 112 cm³/mol. The Bertz CT molecular complexity index is 1070. The maximum Gasteiger partial charge on any atom is 0.329 e. The monoisotopic (exact) mass is 441 g/mol. The third-order valence-corrected chi connectivity index (χ3v) is 6.53. The summed E-state index contributed by atoms with van der Waals surface area (Å²) in [7, 11) is 0. The van der Waals surface area contributed by atoms with Gasteiger partial charge in [-0.05, 0) is 46.6 Å². The van der Waals surface area contributed by atoms with Crippen LogP contribution in [0.15, 0.2) is 16.7 Å². The molecule has 4 rings (SSSR count). The Hall–Kier alpha value is -3.23. The first-order chi connectivity index (χ1) is 15.2. The van der Waals surface area contributed by atoms with Gasteiger partial charge in [0.1, 0.15) is 11.8 Å². The van der Waals surface area contributed by atoms with Crippen LogP contribution in [0, 0.1) is 32.6 Å². The molecule has 9 heteroatoms. The molecule has 0 N–H and O–H groups in total. The number of hydrogen-bond acceptors (Lipinski definition) is 7. The lowest BCUT2D eigenvalue weighted by Gasteiger charge is -2.21. The molecule has 0 spiro atoms. The lowest BCUT2D eigenvalue weighted by Crippen LogP contribution is -2.44. The van der Waals surface area contributed by atoms with Gasteiger partial charge in [0.15, 0.2) is 12.4 Å². The van der Waals surface area contributed by atoms with Gasteiger partial charge in [0.2, 0.25) is 17.6 Å². The maximum atomic E-state index is 12.8. The van der Waals surface area contributed by atoms with Crippen LogP contribution in [0.1, 0.15) is 60.1 Å². The number of ketones is 1. The molecule has 3 heterocycles. The van der Waals surface area contributed by atoms with Gasteiger partial charge in [-0.2, -0.15) is 0 Å². The maximum absolute atomic E-state index is 12.8. The fourth-order valence-corrected chi connectivity index (χ4v) is 4.87.